The van der Waals surface area contributed by atoms with Gasteiger partial charge in [-0.3, -0.25) is 9.79 Å². The minimum atomic E-state index is 0. The molecule has 0 radical (unpaired) electrons. The third kappa shape index (κ3) is 7.63. The van der Waals surface area contributed by atoms with E-state index in [0.717, 1.165) is 25.5 Å². The molecule has 5 nitrogen and oxygen atoms in total. The lowest BCUT2D eigenvalue weighted by atomic mass is 9.92. The van der Waals surface area contributed by atoms with Crippen LogP contribution in [0.25, 0.3) is 0 Å². The van der Waals surface area contributed by atoms with Crippen molar-refractivity contribution in [2.75, 3.05) is 33.2 Å². The fraction of sp³-hybridized carbons (Fsp3) is 0.579. The summed E-state index contributed by atoms with van der Waals surface area (Å²) in [6.45, 7) is 7.46. The van der Waals surface area contributed by atoms with Gasteiger partial charge in [0.25, 0.3) is 0 Å². The molecule has 1 aromatic rings. The van der Waals surface area contributed by atoms with Crippen LogP contribution in [0.15, 0.2) is 35.3 Å². The molecule has 2 unspecified atom stereocenters. The van der Waals surface area contributed by atoms with Crippen molar-refractivity contribution in [3.05, 3.63) is 35.9 Å². The van der Waals surface area contributed by atoms with Gasteiger partial charge in [-0.2, -0.15) is 0 Å². The molecule has 0 saturated carbocycles. The zero-order valence-electron chi connectivity index (χ0n) is 15.5. The first-order valence-electron chi connectivity index (χ1n) is 8.84. The number of nitrogens with zero attached hydrogens (tertiary/aromatic N) is 2. The van der Waals surface area contributed by atoms with Crippen LogP contribution in [-0.2, 0) is 11.2 Å². The summed E-state index contributed by atoms with van der Waals surface area (Å²) in [5.41, 5.74) is 1.23. The average molecular weight is 458 g/mol. The third-order valence-electron chi connectivity index (χ3n) is 4.37. The molecule has 0 aliphatic carbocycles. The molecule has 1 heterocycles. The van der Waals surface area contributed by atoms with Crippen molar-refractivity contribution in [1.82, 2.24) is 15.5 Å². The monoisotopic (exact) mass is 458 g/mol. The van der Waals surface area contributed by atoms with Crippen molar-refractivity contribution in [2.24, 2.45) is 16.8 Å². The zero-order valence-corrected chi connectivity index (χ0v) is 17.8. The summed E-state index contributed by atoms with van der Waals surface area (Å²) in [6, 6.07) is 10.2. The quantitative estimate of drug-likeness (QED) is 0.405. The minimum absolute atomic E-state index is 0. The van der Waals surface area contributed by atoms with Crippen molar-refractivity contribution in [1.29, 1.82) is 0 Å². The number of likely N-dealkylation sites (tertiary alicyclic amines) is 1. The highest BCUT2D eigenvalue weighted by Crippen LogP contribution is 2.20. The maximum atomic E-state index is 12.0. The van der Waals surface area contributed by atoms with E-state index in [1.165, 1.54) is 12.0 Å². The maximum absolute atomic E-state index is 12.0. The van der Waals surface area contributed by atoms with E-state index in [4.69, 9.17) is 0 Å². The Bertz CT molecular complexity index is 540. The molecule has 0 spiro atoms. The van der Waals surface area contributed by atoms with E-state index in [0.29, 0.717) is 18.4 Å². The summed E-state index contributed by atoms with van der Waals surface area (Å²) in [5, 5.41) is 6.15. The standard InChI is InChI=1S/C19H30N4O.HI/c1-15-11-16(2)14-23(13-15)19(20-3)22-12-18(24)21-10-9-17-7-5-4-6-8-17;/h4-8,15-16H,9-14H2,1-3H3,(H,20,22)(H,21,24);1H. The fourth-order valence-corrected chi connectivity index (χ4v) is 3.38. The molecule has 2 N–H and O–H groups in total. The maximum Gasteiger partial charge on any atom is 0.239 e. The Balaban J connectivity index is 0.00000312. The van der Waals surface area contributed by atoms with Crippen LogP contribution >= 0.6 is 24.0 Å². The highest BCUT2D eigenvalue weighted by atomic mass is 127. The van der Waals surface area contributed by atoms with Gasteiger partial charge < -0.3 is 15.5 Å². The molecule has 0 bridgehead atoms. The number of carbonyl (C=O) groups is 1. The van der Waals surface area contributed by atoms with Crippen molar-refractivity contribution < 1.29 is 4.79 Å². The normalized spacial score (nSPS) is 20.6. The van der Waals surface area contributed by atoms with E-state index >= 15 is 0 Å². The highest BCUT2D eigenvalue weighted by Gasteiger charge is 2.24. The average Bonchev–Trinajstić information content (AvgIpc) is 2.55. The van der Waals surface area contributed by atoms with Crippen LogP contribution < -0.4 is 10.6 Å². The van der Waals surface area contributed by atoms with Gasteiger partial charge in [0.1, 0.15) is 0 Å². The van der Waals surface area contributed by atoms with Crippen LogP contribution in [-0.4, -0.2) is 50.0 Å². The Morgan fingerprint density at radius 2 is 1.80 bits per heavy atom. The number of aliphatic imine (C=N–C) groups is 1. The third-order valence-corrected chi connectivity index (χ3v) is 4.37. The van der Waals surface area contributed by atoms with E-state index < -0.39 is 0 Å². The summed E-state index contributed by atoms with van der Waals surface area (Å²) in [7, 11) is 1.78. The second-order valence-corrected chi connectivity index (χ2v) is 6.84. The van der Waals surface area contributed by atoms with Gasteiger partial charge in [0.05, 0.1) is 6.54 Å². The summed E-state index contributed by atoms with van der Waals surface area (Å²) in [6.07, 6.45) is 2.11. The Labute approximate surface area is 168 Å². The van der Waals surface area contributed by atoms with Crippen molar-refractivity contribution in [3.8, 4) is 0 Å². The Morgan fingerprint density at radius 3 is 2.40 bits per heavy atom. The molecule has 0 aromatic heterocycles. The van der Waals surface area contributed by atoms with Crippen molar-refractivity contribution >= 4 is 35.8 Å². The lowest BCUT2D eigenvalue weighted by Gasteiger charge is -2.37. The van der Waals surface area contributed by atoms with E-state index in [1.54, 1.807) is 7.05 Å². The van der Waals surface area contributed by atoms with Gasteiger partial charge in [-0.25, -0.2) is 0 Å². The van der Waals surface area contributed by atoms with Crippen LogP contribution in [0.5, 0.6) is 0 Å². The van der Waals surface area contributed by atoms with Gasteiger partial charge in [-0.15, -0.1) is 24.0 Å². The van der Waals surface area contributed by atoms with Crippen LogP contribution in [0.2, 0.25) is 0 Å². The number of halogens is 1. The number of carbonyl (C=O) groups excluding carboxylic acids is 1. The van der Waals surface area contributed by atoms with Gasteiger partial charge in [0.2, 0.25) is 5.91 Å². The van der Waals surface area contributed by atoms with E-state index in [9.17, 15) is 4.79 Å². The molecule has 140 valence electrons. The number of rotatable bonds is 5. The van der Waals surface area contributed by atoms with Crippen molar-refractivity contribution in [3.63, 3.8) is 0 Å². The van der Waals surface area contributed by atoms with Crippen LogP contribution in [0.3, 0.4) is 0 Å². The molecule has 1 aromatic carbocycles. The number of hydrogen-bond acceptors (Lipinski definition) is 2. The number of amides is 1. The van der Waals surface area contributed by atoms with E-state index in [1.807, 2.05) is 18.2 Å². The molecule has 25 heavy (non-hydrogen) atoms. The first-order valence-corrected chi connectivity index (χ1v) is 8.84. The number of guanidine groups is 1. The van der Waals surface area contributed by atoms with Gasteiger partial charge >= 0.3 is 0 Å². The molecule has 1 aliphatic rings. The predicted octanol–water partition coefficient (Wildman–Crippen LogP) is 2.52. The summed E-state index contributed by atoms with van der Waals surface area (Å²) < 4.78 is 0. The molecule has 2 rings (SSSR count). The second-order valence-electron chi connectivity index (χ2n) is 6.84. The molecule has 6 heteroatoms. The van der Waals surface area contributed by atoms with Gasteiger partial charge in [0, 0.05) is 26.7 Å². The fourth-order valence-electron chi connectivity index (χ4n) is 3.38. The Morgan fingerprint density at radius 1 is 1.16 bits per heavy atom. The first-order chi connectivity index (χ1) is 11.6. The second kappa shape index (κ2) is 11.3. The number of hydrogen-bond donors (Lipinski definition) is 2. The molecule has 1 saturated heterocycles. The smallest absolute Gasteiger partial charge is 0.239 e. The zero-order chi connectivity index (χ0) is 17.4. The lowest BCUT2D eigenvalue weighted by molar-refractivity contribution is -0.120. The summed E-state index contributed by atoms with van der Waals surface area (Å²) in [5.74, 6) is 2.15. The van der Waals surface area contributed by atoms with E-state index in [-0.39, 0.29) is 36.4 Å². The molecule has 1 fully saturated rings. The number of benzene rings is 1. The van der Waals surface area contributed by atoms with Crippen LogP contribution in [0.4, 0.5) is 0 Å². The highest BCUT2D eigenvalue weighted by molar-refractivity contribution is 14.0. The molecule has 1 amide bonds. The lowest BCUT2D eigenvalue weighted by Crippen LogP contribution is -2.50. The van der Waals surface area contributed by atoms with Gasteiger partial charge in [-0.05, 0) is 30.2 Å². The van der Waals surface area contributed by atoms with Crippen LogP contribution in [0.1, 0.15) is 25.8 Å². The summed E-state index contributed by atoms with van der Waals surface area (Å²) in [4.78, 5) is 18.6. The SMILES string of the molecule is CN=C(NCC(=O)NCCc1ccccc1)N1CC(C)CC(C)C1.I. The molecular weight excluding hydrogens is 427 g/mol. The number of nitrogens with one attached hydrogen (secondary N) is 2. The van der Waals surface area contributed by atoms with Gasteiger partial charge in [-0.1, -0.05) is 44.2 Å². The van der Waals surface area contributed by atoms with Gasteiger partial charge in [0.15, 0.2) is 5.96 Å². The molecular formula is C19H31IN4O. The Hall–Kier alpha value is -1.31. The Kier molecular flexibility index (Phi) is 9.85. The van der Waals surface area contributed by atoms with Crippen molar-refractivity contribution in [2.45, 2.75) is 26.7 Å². The molecule has 2 atom stereocenters. The molecule has 1 aliphatic heterocycles. The minimum Gasteiger partial charge on any atom is -0.354 e. The topological polar surface area (TPSA) is 56.7 Å². The summed E-state index contributed by atoms with van der Waals surface area (Å²) >= 11 is 0. The van der Waals surface area contributed by atoms with Crippen LogP contribution in [0, 0.1) is 11.8 Å². The largest absolute Gasteiger partial charge is 0.354 e. The first kappa shape index (κ1) is 21.7. The van der Waals surface area contributed by atoms with E-state index in [2.05, 4.69) is 46.5 Å². The number of piperidine rings is 1. The predicted molar refractivity (Wildman–Crippen MR) is 114 cm³/mol.